The number of rotatable bonds is 5. The van der Waals surface area contributed by atoms with Gasteiger partial charge in [-0.3, -0.25) is 14.7 Å². The molecule has 3 heterocycles. The first kappa shape index (κ1) is 16.3. The number of nitrogens with zero attached hydrogens (tertiary/aromatic N) is 2. The van der Waals surface area contributed by atoms with Crippen molar-refractivity contribution in [2.75, 3.05) is 13.1 Å². The highest BCUT2D eigenvalue weighted by molar-refractivity contribution is 5.96. The fourth-order valence-electron chi connectivity index (χ4n) is 2.72. The molecule has 7 nitrogen and oxygen atoms in total. The molecule has 1 unspecified atom stereocenters. The Hall–Kier alpha value is -2.57. The van der Waals surface area contributed by atoms with Gasteiger partial charge in [0.1, 0.15) is 6.26 Å². The number of nitrogens with one attached hydrogen (secondary N) is 2. The molecule has 0 radical (unpaired) electrons. The number of H-pyrrole nitrogens is 1. The number of aromatic nitrogens is 2. The molecule has 0 fully saturated rings. The van der Waals surface area contributed by atoms with E-state index < -0.39 is 0 Å². The lowest BCUT2D eigenvalue weighted by atomic mass is 10.0. The predicted octanol–water partition coefficient (Wildman–Crippen LogP) is 1.98. The van der Waals surface area contributed by atoms with Gasteiger partial charge in [0.15, 0.2) is 5.69 Å². The Morgan fingerprint density at radius 3 is 3.04 bits per heavy atom. The molecule has 3 rings (SSSR count). The van der Waals surface area contributed by atoms with Crippen molar-refractivity contribution < 1.29 is 14.0 Å². The van der Waals surface area contributed by atoms with Gasteiger partial charge in [0, 0.05) is 30.8 Å². The van der Waals surface area contributed by atoms with Crippen LogP contribution in [-0.4, -0.2) is 40.0 Å². The van der Waals surface area contributed by atoms with Crippen LogP contribution in [0.2, 0.25) is 0 Å². The summed E-state index contributed by atoms with van der Waals surface area (Å²) in [5.74, 6) is 0.134. The van der Waals surface area contributed by atoms with Gasteiger partial charge >= 0.3 is 0 Å². The summed E-state index contributed by atoms with van der Waals surface area (Å²) in [6.07, 6.45) is 4.58. The predicted molar refractivity (Wildman–Crippen MR) is 87.5 cm³/mol. The average Bonchev–Trinajstić information content (AvgIpc) is 3.27. The Morgan fingerprint density at radius 2 is 2.33 bits per heavy atom. The van der Waals surface area contributed by atoms with Crippen molar-refractivity contribution in [3.8, 4) is 0 Å². The molecular formula is C17H22N4O3. The van der Waals surface area contributed by atoms with Crippen molar-refractivity contribution in [3.05, 3.63) is 41.1 Å². The van der Waals surface area contributed by atoms with Gasteiger partial charge in [0.05, 0.1) is 18.4 Å². The zero-order valence-corrected chi connectivity index (χ0v) is 14.0. The molecule has 0 saturated carbocycles. The van der Waals surface area contributed by atoms with Gasteiger partial charge in [-0.25, -0.2) is 0 Å². The number of hydrogen-bond donors (Lipinski definition) is 2. The Kier molecular flexibility index (Phi) is 4.69. The third kappa shape index (κ3) is 3.20. The third-order valence-electron chi connectivity index (χ3n) is 4.51. The van der Waals surface area contributed by atoms with E-state index in [1.54, 1.807) is 11.0 Å². The Balaban J connectivity index is 1.72. The SMILES string of the molecule is CCC(C)CNC(=O)c1n[nH]c2c1CN(C(=O)c1ccoc1)CC2. The zero-order chi connectivity index (χ0) is 17.1. The van der Waals surface area contributed by atoms with Crippen molar-refractivity contribution in [3.63, 3.8) is 0 Å². The zero-order valence-electron chi connectivity index (χ0n) is 14.0. The first-order chi connectivity index (χ1) is 11.6. The lowest BCUT2D eigenvalue weighted by Gasteiger charge is -2.26. The number of furan rings is 1. The summed E-state index contributed by atoms with van der Waals surface area (Å²) < 4.78 is 4.98. The monoisotopic (exact) mass is 330 g/mol. The molecular weight excluding hydrogens is 308 g/mol. The Labute approximate surface area is 140 Å². The van der Waals surface area contributed by atoms with Crippen LogP contribution in [0, 0.1) is 5.92 Å². The average molecular weight is 330 g/mol. The van der Waals surface area contributed by atoms with E-state index in [2.05, 4.69) is 29.4 Å². The van der Waals surface area contributed by atoms with E-state index in [4.69, 9.17) is 4.42 Å². The van der Waals surface area contributed by atoms with Crippen molar-refractivity contribution in [2.45, 2.75) is 33.2 Å². The highest BCUT2D eigenvalue weighted by Crippen LogP contribution is 2.22. The van der Waals surface area contributed by atoms with Crippen molar-refractivity contribution >= 4 is 11.8 Å². The molecule has 2 aromatic heterocycles. The molecule has 2 N–H and O–H groups in total. The topological polar surface area (TPSA) is 91.2 Å². The van der Waals surface area contributed by atoms with Crippen molar-refractivity contribution in [2.24, 2.45) is 5.92 Å². The van der Waals surface area contributed by atoms with Gasteiger partial charge in [0.2, 0.25) is 0 Å². The van der Waals surface area contributed by atoms with Gasteiger partial charge in [-0.15, -0.1) is 0 Å². The van der Waals surface area contributed by atoms with Crippen LogP contribution >= 0.6 is 0 Å². The fourth-order valence-corrected chi connectivity index (χ4v) is 2.72. The number of carbonyl (C=O) groups is 2. The quantitative estimate of drug-likeness (QED) is 0.877. The highest BCUT2D eigenvalue weighted by atomic mass is 16.3. The lowest BCUT2D eigenvalue weighted by molar-refractivity contribution is 0.0730. The largest absolute Gasteiger partial charge is 0.472 e. The molecule has 24 heavy (non-hydrogen) atoms. The fraction of sp³-hybridized carbons (Fsp3) is 0.471. The molecule has 1 atom stereocenters. The summed E-state index contributed by atoms with van der Waals surface area (Å²) in [5, 5.41) is 10.0. The van der Waals surface area contributed by atoms with Crippen LogP contribution in [-0.2, 0) is 13.0 Å². The number of amides is 2. The number of carbonyl (C=O) groups excluding carboxylic acids is 2. The second-order valence-corrected chi connectivity index (χ2v) is 6.24. The number of aromatic amines is 1. The minimum Gasteiger partial charge on any atom is -0.472 e. The molecule has 7 heteroatoms. The van der Waals surface area contributed by atoms with Crippen LogP contribution in [0.4, 0.5) is 0 Å². The summed E-state index contributed by atoms with van der Waals surface area (Å²) >= 11 is 0. The molecule has 128 valence electrons. The minimum atomic E-state index is -0.189. The number of fused-ring (bicyclic) bond motifs is 1. The molecule has 0 aromatic carbocycles. The van der Waals surface area contributed by atoms with Gasteiger partial charge in [-0.1, -0.05) is 20.3 Å². The maximum Gasteiger partial charge on any atom is 0.272 e. The second kappa shape index (κ2) is 6.90. The highest BCUT2D eigenvalue weighted by Gasteiger charge is 2.28. The maximum atomic E-state index is 12.5. The molecule has 0 saturated heterocycles. The van der Waals surface area contributed by atoms with E-state index >= 15 is 0 Å². The summed E-state index contributed by atoms with van der Waals surface area (Å²) in [4.78, 5) is 26.6. The number of hydrogen-bond acceptors (Lipinski definition) is 4. The minimum absolute atomic E-state index is 0.0958. The normalized spacial score (nSPS) is 15.0. The molecule has 0 aliphatic carbocycles. The first-order valence-corrected chi connectivity index (χ1v) is 8.26. The van der Waals surface area contributed by atoms with Crippen molar-refractivity contribution in [1.29, 1.82) is 0 Å². The first-order valence-electron chi connectivity index (χ1n) is 8.26. The lowest BCUT2D eigenvalue weighted by Crippen LogP contribution is -2.37. The van der Waals surface area contributed by atoms with Gasteiger partial charge in [-0.2, -0.15) is 5.10 Å². The van der Waals surface area contributed by atoms with Gasteiger partial charge < -0.3 is 14.6 Å². The van der Waals surface area contributed by atoms with Gasteiger partial charge in [-0.05, 0) is 12.0 Å². The van der Waals surface area contributed by atoms with E-state index in [1.807, 2.05) is 0 Å². The van der Waals surface area contributed by atoms with Crippen LogP contribution in [0.3, 0.4) is 0 Å². The van der Waals surface area contributed by atoms with Gasteiger partial charge in [0.25, 0.3) is 11.8 Å². The molecule has 0 bridgehead atoms. The standard InChI is InChI=1S/C17H22N4O3/c1-3-11(2)8-18-16(22)15-13-9-21(6-4-14(13)19-20-15)17(23)12-5-7-24-10-12/h5,7,10-11H,3-4,6,8-9H2,1-2H3,(H,18,22)(H,19,20). The van der Waals surface area contributed by atoms with E-state index in [1.165, 1.54) is 12.5 Å². The molecule has 2 aromatic rings. The van der Waals surface area contributed by atoms with Crippen LogP contribution < -0.4 is 5.32 Å². The third-order valence-corrected chi connectivity index (χ3v) is 4.51. The summed E-state index contributed by atoms with van der Waals surface area (Å²) in [6.45, 7) is 5.77. The Morgan fingerprint density at radius 1 is 1.50 bits per heavy atom. The molecule has 2 amide bonds. The summed E-state index contributed by atoms with van der Waals surface area (Å²) in [7, 11) is 0. The smallest absolute Gasteiger partial charge is 0.272 e. The van der Waals surface area contributed by atoms with E-state index in [9.17, 15) is 9.59 Å². The van der Waals surface area contributed by atoms with Crippen LogP contribution in [0.25, 0.3) is 0 Å². The molecule has 0 spiro atoms. The molecule has 1 aliphatic heterocycles. The van der Waals surface area contributed by atoms with E-state index in [0.717, 1.165) is 17.7 Å². The second-order valence-electron chi connectivity index (χ2n) is 6.24. The van der Waals surface area contributed by atoms with Crippen LogP contribution in [0.1, 0.15) is 52.4 Å². The summed E-state index contributed by atoms with van der Waals surface area (Å²) in [5.41, 5.74) is 2.64. The van der Waals surface area contributed by atoms with Crippen LogP contribution in [0.5, 0.6) is 0 Å². The summed E-state index contributed by atoms with van der Waals surface area (Å²) in [6, 6.07) is 1.65. The Bertz CT molecular complexity index is 720. The van der Waals surface area contributed by atoms with E-state index in [0.29, 0.717) is 43.2 Å². The van der Waals surface area contributed by atoms with Crippen molar-refractivity contribution in [1.82, 2.24) is 20.4 Å². The molecule has 1 aliphatic rings. The van der Waals surface area contributed by atoms with E-state index in [-0.39, 0.29) is 11.8 Å². The maximum absolute atomic E-state index is 12.5. The van der Waals surface area contributed by atoms with Crippen LogP contribution in [0.15, 0.2) is 23.0 Å².